The van der Waals surface area contributed by atoms with Crippen molar-refractivity contribution in [3.63, 3.8) is 0 Å². The number of hydrogen-bond donors (Lipinski definition) is 1. The molecule has 1 aromatic carbocycles. The molecule has 0 radical (unpaired) electrons. The summed E-state index contributed by atoms with van der Waals surface area (Å²) in [6.45, 7) is 3.18. The molecule has 0 aromatic heterocycles. The number of nitrogens with one attached hydrogen (secondary N) is 1. The number of fused-ring (bicyclic) bond motifs is 2. The van der Waals surface area contributed by atoms with Gasteiger partial charge in [0.2, 0.25) is 5.91 Å². The highest BCUT2D eigenvalue weighted by Gasteiger charge is 2.55. The Labute approximate surface area is 131 Å². The Bertz CT molecular complexity index is 611. The number of amides is 2. The summed E-state index contributed by atoms with van der Waals surface area (Å²) in [6, 6.07) is 7.63. The molecule has 1 heterocycles. The number of rotatable bonds is 3. The van der Waals surface area contributed by atoms with E-state index in [-0.39, 0.29) is 17.7 Å². The first-order chi connectivity index (χ1) is 10.5. The minimum Gasteiger partial charge on any atom is -0.309 e. The molecule has 3 unspecified atom stereocenters. The maximum atomic E-state index is 12.8. The Balaban J connectivity index is 2.08. The highest BCUT2D eigenvalue weighted by Crippen LogP contribution is 2.51. The predicted molar refractivity (Wildman–Crippen MR) is 85.7 cm³/mol. The van der Waals surface area contributed by atoms with Gasteiger partial charge in [0.05, 0.1) is 5.41 Å². The van der Waals surface area contributed by atoms with Gasteiger partial charge >= 0.3 is 0 Å². The van der Waals surface area contributed by atoms with E-state index in [9.17, 15) is 9.59 Å². The first-order valence-corrected chi connectivity index (χ1v) is 8.07. The Hall–Kier alpha value is -1.68. The summed E-state index contributed by atoms with van der Waals surface area (Å²) in [6.07, 6.45) is 2.93. The Morgan fingerprint density at radius 2 is 2.05 bits per heavy atom. The van der Waals surface area contributed by atoms with Crippen LogP contribution in [0.5, 0.6) is 0 Å². The number of benzene rings is 1. The van der Waals surface area contributed by atoms with Crippen molar-refractivity contribution < 1.29 is 9.59 Å². The molecule has 0 saturated heterocycles. The van der Waals surface area contributed by atoms with Crippen LogP contribution in [0.25, 0.3) is 0 Å². The number of carbonyl (C=O) groups is 2. The Morgan fingerprint density at radius 3 is 2.77 bits per heavy atom. The minimum absolute atomic E-state index is 0.0932. The van der Waals surface area contributed by atoms with E-state index in [1.54, 1.807) is 0 Å². The van der Waals surface area contributed by atoms with Crippen molar-refractivity contribution in [2.24, 2.45) is 11.8 Å². The van der Waals surface area contributed by atoms with Crippen LogP contribution in [0, 0.1) is 11.8 Å². The predicted octanol–water partition coefficient (Wildman–Crippen LogP) is 2.19. The van der Waals surface area contributed by atoms with Crippen molar-refractivity contribution in [1.82, 2.24) is 10.2 Å². The molecule has 3 rings (SSSR count). The molecule has 1 aromatic rings. The average molecular weight is 300 g/mol. The monoisotopic (exact) mass is 300 g/mol. The van der Waals surface area contributed by atoms with E-state index in [0.29, 0.717) is 11.5 Å². The van der Waals surface area contributed by atoms with E-state index in [1.807, 2.05) is 24.3 Å². The lowest BCUT2D eigenvalue weighted by molar-refractivity contribution is -0.128. The molecule has 3 atom stereocenters. The maximum absolute atomic E-state index is 12.8. The zero-order chi connectivity index (χ0) is 15.9. The van der Waals surface area contributed by atoms with Gasteiger partial charge in [-0.15, -0.1) is 0 Å². The number of hydrogen-bond acceptors (Lipinski definition) is 3. The molecule has 118 valence electrons. The van der Waals surface area contributed by atoms with Gasteiger partial charge in [0.25, 0.3) is 5.91 Å². The molecule has 0 bridgehead atoms. The molecule has 1 aliphatic carbocycles. The third-order valence-electron chi connectivity index (χ3n) is 5.34. The average Bonchev–Trinajstić information content (AvgIpc) is 2.90. The highest BCUT2D eigenvalue weighted by molar-refractivity contribution is 6.13. The molecule has 4 nitrogen and oxygen atoms in total. The first-order valence-electron chi connectivity index (χ1n) is 8.07. The second-order valence-electron chi connectivity index (χ2n) is 7.04. The Morgan fingerprint density at radius 1 is 1.32 bits per heavy atom. The van der Waals surface area contributed by atoms with Crippen molar-refractivity contribution >= 4 is 11.8 Å². The van der Waals surface area contributed by atoms with Crippen LogP contribution in [-0.4, -0.2) is 37.4 Å². The Kier molecular flexibility index (Phi) is 3.81. The molecule has 1 aliphatic heterocycles. The molecule has 1 saturated carbocycles. The van der Waals surface area contributed by atoms with Crippen LogP contribution >= 0.6 is 0 Å². The summed E-state index contributed by atoms with van der Waals surface area (Å²) in [7, 11) is 4.13. The van der Waals surface area contributed by atoms with Gasteiger partial charge in [-0.3, -0.25) is 14.9 Å². The number of nitrogens with zero attached hydrogens (tertiary/aromatic N) is 1. The highest BCUT2D eigenvalue weighted by atomic mass is 16.2. The molecular weight excluding hydrogens is 276 g/mol. The fraction of sp³-hybridized carbons (Fsp3) is 0.556. The van der Waals surface area contributed by atoms with Gasteiger partial charge in [-0.1, -0.05) is 31.5 Å². The van der Waals surface area contributed by atoms with Crippen LogP contribution in [0.2, 0.25) is 0 Å². The summed E-state index contributed by atoms with van der Waals surface area (Å²) in [5.74, 6) is 0.343. The van der Waals surface area contributed by atoms with E-state index >= 15 is 0 Å². The minimum atomic E-state index is -0.528. The fourth-order valence-electron chi connectivity index (χ4n) is 4.60. The van der Waals surface area contributed by atoms with E-state index in [1.165, 1.54) is 0 Å². The van der Waals surface area contributed by atoms with Crippen molar-refractivity contribution in [2.45, 2.75) is 31.6 Å². The second kappa shape index (κ2) is 5.51. The van der Waals surface area contributed by atoms with Crippen molar-refractivity contribution in [3.8, 4) is 0 Å². The van der Waals surface area contributed by atoms with Gasteiger partial charge in [0, 0.05) is 12.1 Å². The fourth-order valence-corrected chi connectivity index (χ4v) is 4.60. The van der Waals surface area contributed by atoms with Gasteiger partial charge in [0.1, 0.15) is 0 Å². The van der Waals surface area contributed by atoms with E-state index in [2.05, 4.69) is 31.2 Å². The van der Waals surface area contributed by atoms with Gasteiger partial charge in [-0.25, -0.2) is 0 Å². The van der Waals surface area contributed by atoms with E-state index in [4.69, 9.17) is 0 Å². The van der Waals surface area contributed by atoms with Gasteiger partial charge in [0.15, 0.2) is 0 Å². The summed E-state index contributed by atoms with van der Waals surface area (Å²) < 4.78 is 0. The molecule has 22 heavy (non-hydrogen) atoms. The third-order valence-corrected chi connectivity index (χ3v) is 5.34. The molecule has 1 fully saturated rings. The van der Waals surface area contributed by atoms with Crippen LogP contribution in [0.1, 0.15) is 42.1 Å². The van der Waals surface area contributed by atoms with Crippen LogP contribution in [-0.2, 0) is 10.2 Å². The second-order valence-corrected chi connectivity index (χ2v) is 7.04. The van der Waals surface area contributed by atoms with Crippen LogP contribution in [0.4, 0.5) is 0 Å². The quantitative estimate of drug-likeness (QED) is 0.871. The molecule has 2 aliphatic rings. The maximum Gasteiger partial charge on any atom is 0.258 e. The first kappa shape index (κ1) is 15.2. The third kappa shape index (κ3) is 2.17. The number of carbonyl (C=O) groups excluding carboxylic acids is 2. The van der Waals surface area contributed by atoms with Crippen molar-refractivity contribution in [1.29, 1.82) is 0 Å². The zero-order valence-electron chi connectivity index (χ0n) is 13.6. The lowest BCUT2D eigenvalue weighted by Gasteiger charge is -2.41. The molecule has 1 N–H and O–H groups in total. The van der Waals surface area contributed by atoms with Gasteiger partial charge in [-0.2, -0.15) is 0 Å². The van der Waals surface area contributed by atoms with Crippen LogP contribution in [0.15, 0.2) is 24.3 Å². The topological polar surface area (TPSA) is 49.4 Å². The van der Waals surface area contributed by atoms with Gasteiger partial charge in [-0.05, 0) is 50.4 Å². The van der Waals surface area contributed by atoms with Gasteiger partial charge < -0.3 is 4.90 Å². The SMILES string of the molecule is CC(CN(C)C)C1CCCC12C(=O)NC(=O)c1ccccc12. The van der Waals surface area contributed by atoms with E-state index < -0.39 is 5.41 Å². The zero-order valence-corrected chi connectivity index (χ0v) is 13.6. The summed E-state index contributed by atoms with van der Waals surface area (Å²) in [5, 5.41) is 2.61. The molecular formula is C18H24N2O2. The van der Waals surface area contributed by atoms with Crippen LogP contribution in [0.3, 0.4) is 0 Å². The molecule has 4 heteroatoms. The summed E-state index contributed by atoms with van der Waals surface area (Å²) in [5.41, 5.74) is 1.09. The molecule has 2 amide bonds. The smallest absolute Gasteiger partial charge is 0.258 e. The lowest BCUT2D eigenvalue weighted by atomic mass is 9.64. The summed E-state index contributed by atoms with van der Waals surface area (Å²) >= 11 is 0. The van der Waals surface area contributed by atoms with Crippen molar-refractivity contribution in [2.75, 3.05) is 20.6 Å². The summed E-state index contributed by atoms with van der Waals surface area (Å²) in [4.78, 5) is 27.2. The standard InChI is InChI=1S/C18H24N2O2/c1-12(11-20(2)3)14-9-6-10-18(14)15-8-5-4-7-13(15)16(21)19-17(18)22/h4-5,7-8,12,14H,6,9-11H2,1-3H3,(H,19,21,22). The normalized spacial score (nSPS) is 28.8. The molecule has 1 spiro atoms. The van der Waals surface area contributed by atoms with E-state index in [0.717, 1.165) is 31.4 Å². The van der Waals surface area contributed by atoms with Crippen molar-refractivity contribution in [3.05, 3.63) is 35.4 Å². The number of imide groups is 1. The van der Waals surface area contributed by atoms with Crippen LogP contribution < -0.4 is 5.32 Å². The largest absolute Gasteiger partial charge is 0.309 e. The lowest BCUT2D eigenvalue weighted by Crippen LogP contribution is -2.55.